The third-order valence-electron chi connectivity index (χ3n) is 15.9. The Morgan fingerprint density at radius 1 is 0.262 bits per heavy atom. The maximum Gasteiger partial charge on any atom is 0.137 e. The highest BCUT2D eigenvalue weighted by molar-refractivity contribution is 6.01. The molecule has 0 atom stereocenters. The van der Waals surface area contributed by atoms with Gasteiger partial charge in [-0.2, -0.15) is 0 Å². The Balaban J connectivity index is 1.49. The smallest absolute Gasteiger partial charge is 0.137 e. The second-order valence-electron chi connectivity index (χ2n) is 28.8. The lowest BCUT2D eigenvalue weighted by Crippen LogP contribution is -2.11. The lowest BCUT2D eigenvalue weighted by Gasteiger charge is -2.20. The van der Waals surface area contributed by atoms with Gasteiger partial charge in [0.1, 0.15) is 51.3 Å². The molecule has 0 bridgehead atoms. The van der Waals surface area contributed by atoms with Crippen LogP contribution < -0.4 is 0 Å². The first-order chi connectivity index (χ1) is 39.1. The molecule has 0 saturated heterocycles. The molecule has 0 aliphatic heterocycles. The largest absolute Gasteiger partial charge is 0.507 e. The molecule has 0 amide bonds. The van der Waals surface area contributed by atoms with Crippen LogP contribution in [-0.2, 0) is 32.5 Å². The number of furan rings is 3. The van der Waals surface area contributed by atoms with Gasteiger partial charge in [-0.05, 0) is 157 Å². The molecule has 0 fully saturated rings. The molecule has 3 N–H and O–H groups in total. The third-order valence-corrected chi connectivity index (χ3v) is 15.9. The van der Waals surface area contributed by atoms with Crippen LogP contribution >= 0.6 is 0 Å². The maximum absolute atomic E-state index is 11.8. The minimum atomic E-state index is -0.264. The summed E-state index contributed by atoms with van der Waals surface area (Å²) in [6.45, 7) is 38.9. The van der Waals surface area contributed by atoms with E-state index in [9.17, 15) is 15.3 Å². The van der Waals surface area contributed by atoms with E-state index in [0.717, 1.165) is 49.5 Å². The first kappa shape index (κ1) is 58.4. The second kappa shape index (κ2) is 20.8. The van der Waals surface area contributed by atoms with E-state index in [1.165, 1.54) is 0 Å². The minimum Gasteiger partial charge on any atom is -0.507 e. The summed E-state index contributed by atoms with van der Waals surface area (Å²) in [5, 5.41) is 37.9. The van der Waals surface area contributed by atoms with Crippen molar-refractivity contribution in [3.05, 3.63) is 194 Å². The van der Waals surface area contributed by atoms with Crippen LogP contribution in [0.2, 0.25) is 0 Å². The molecule has 10 aromatic rings. The second-order valence-corrected chi connectivity index (χ2v) is 28.8. The molecule has 3 heterocycles. The highest BCUT2D eigenvalue weighted by atomic mass is 16.3. The fourth-order valence-corrected chi connectivity index (χ4v) is 10.5. The molecule has 0 radical (unpaired) electrons. The standard InChI is InChI=1S/C78H78O6/c1-73(2,3)52-22-31-61(79)46(37-52)19-28-58-70(67-43-49-40-55(76(10,11)12)25-34-64(49)82-67)59(29-20-47-38-53(74(4,5)6)23-32-62(47)80)72(69-45-51-42-57(78(16,17)18)27-36-66(51)84-69)60(30-21-48-39-54(75(7,8)9)24-33-63(48)81)71(58)68-44-50-41-56(77(13,14)15)26-35-65(50)83-68/h22-27,31-45,79-81H,1-18H3. The van der Waals surface area contributed by atoms with Crippen molar-refractivity contribution in [3.8, 4) is 86.7 Å². The van der Waals surface area contributed by atoms with Gasteiger partial charge in [0.25, 0.3) is 0 Å². The quantitative estimate of drug-likeness (QED) is 0.152. The zero-order valence-electron chi connectivity index (χ0n) is 52.2. The number of hydrogen-bond donors (Lipinski definition) is 3. The zero-order chi connectivity index (χ0) is 60.8. The highest BCUT2D eigenvalue weighted by Gasteiger charge is 2.32. The van der Waals surface area contributed by atoms with Crippen LogP contribution in [0.5, 0.6) is 17.2 Å². The number of fused-ring (bicyclic) bond motifs is 3. The van der Waals surface area contributed by atoms with Gasteiger partial charge in [0.2, 0.25) is 0 Å². The number of aromatic hydroxyl groups is 3. The Morgan fingerprint density at radius 3 is 0.702 bits per heavy atom. The van der Waals surface area contributed by atoms with Crippen molar-refractivity contribution in [1.29, 1.82) is 0 Å². The average Bonchev–Trinajstić information content (AvgIpc) is 1.45. The van der Waals surface area contributed by atoms with Gasteiger partial charge in [-0.1, -0.05) is 197 Å². The van der Waals surface area contributed by atoms with Crippen molar-refractivity contribution in [2.45, 2.75) is 157 Å². The molecule has 84 heavy (non-hydrogen) atoms. The molecule has 10 rings (SSSR count). The Labute approximate surface area is 497 Å². The van der Waals surface area contributed by atoms with Gasteiger partial charge in [-0.25, -0.2) is 0 Å². The van der Waals surface area contributed by atoms with Gasteiger partial charge in [0.05, 0.1) is 33.4 Å². The monoisotopic (exact) mass is 1110 g/mol. The van der Waals surface area contributed by atoms with E-state index < -0.39 is 0 Å². The molecule has 3 aromatic heterocycles. The highest BCUT2D eigenvalue weighted by Crippen LogP contribution is 2.49. The molecule has 0 saturated carbocycles. The van der Waals surface area contributed by atoms with E-state index in [-0.39, 0.29) is 49.7 Å². The zero-order valence-corrected chi connectivity index (χ0v) is 52.2. The lowest BCUT2D eigenvalue weighted by molar-refractivity contribution is 0.472. The molecular formula is C78H78O6. The van der Waals surface area contributed by atoms with Gasteiger partial charge in [0, 0.05) is 32.8 Å². The van der Waals surface area contributed by atoms with Crippen LogP contribution in [-0.4, -0.2) is 15.3 Å². The van der Waals surface area contributed by atoms with E-state index >= 15 is 0 Å². The maximum atomic E-state index is 11.8. The van der Waals surface area contributed by atoms with Crippen molar-refractivity contribution in [1.82, 2.24) is 0 Å². The van der Waals surface area contributed by atoms with Crippen LogP contribution in [0.4, 0.5) is 0 Å². The molecule has 0 unspecified atom stereocenters. The summed E-state index contributed by atoms with van der Waals surface area (Å²) < 4.78 is 21.5. The summed E-state index contributed by atoms with van der Waals surface area (Å²) in [6, 6.07) is 41.7. The SMILES string of the molecule is CC(C)(C)c1ccc(O)c(C#Cc2c(-c3cc4cc(C(C)(C)C)ccc4o3)c(C#Cc3cc(C(C)(C)C)ccc3O)c(-c3cc4cc(C(C)(C)C)ccc4o3)c(C#Cc3cc(C(C)(C)C)ccc3O)c2-c2cc3cc(C(C)(C)C)ccc3o2)c1. The van der Waals surface area contributed by atoms with E-state index in [2.05, 4.69) is 197 Å². The van der Waals surface area contributed by atoms with Gasteiger partial charge < -0.3 is 28.6 Å². The summed E-state index contributed by atoms with van der Waals surface area (Å²) in [6.07, 6.45) is 0. The summed E-state index contributed by atoms with van der Waals surface area (Å²) in [7, 11) is 0. The number of hydrogen-bond acceptors (Lipinski definition) is 6. The fourth-order valence-electron chi connectivity index (χ4n) is 10.5. The third kappa shape index (κ3) is 11.8. The lowest BCUT2D eigenvalue weighted by atomic mass is 9.82. The predicted molar refractivity (Wildman–Crippen MR) is 347 cm³/mol. The molecule has 0 aliphatic carbocycles. The summed E-state index contributed by atoms with van der Waals surface area (Å²) in [5.74, 6) is 22.9. The normalized spacial score (nSPS) is 12.5. The van der Waals surface area contributed by atoms with E-state index in [1.54, 1.807) is 18.2 Å². The van der Waals surface area contributed by atoms with Gasteiger partial charge in [0.15, 0.2) is 0 Å². The molecule has 6 nitrogen and oxygen atoms in total. The van der Waals surface area contributed by atoms with Crippen LogP contribution in [0.1, 0.15) is 191 Å². The van der Waals surface area contributed by atoms with Crippen molar-refractivity contribution >= 4 is 32.9 Å². The van der Waals surface area contributed by atoms with Gasteiger partial charge >= 0.3 is 0 Å². The average molecular weight is 1110 g/mol. The summed E-state index contributed by atoms with van der Waals surface area (Å²) in [4.78, 5) is 0. The molecule has 6 heteroatoms. The fraction of sp³-hybridized carbons (Fsp3) is 0.308. The van der Waals surface area contributed by atoms with Gasteiger partial charge in [-0.15, -0.1) is 0 Å². The summed E-state index contributed by atoms with van der Waals surface area (Å²) >= 11 is 0. The van der Waals surface area contributed by atoms with E-state index in [4.69, 9.17) is 13.3 Å². The number of phenols is 3. The van der Waals surface area contributed by atoms with Crippen molar-refractivity contribution in [3.63, 3.8) is 0 Å². The Bertz CT molecular complexity index is 3990. The van der Waals surface area contributed by atoms with Crippen molar-refractivity contribution < 1.29 is 28.6 Å². The van der Waals surface area contributed by atoms with Crippen molar-refractivity contribution in [2.75, 3.05) is 0 Å². The Hall–Kier alpha value is -8.76. The predicted octanol–water partition coefficient (Wildman–Crippen LogP) is 20.0. The number of phenolic OH excluding ortho intramolecular Hbond substituents is 3. The summed E-state index contributed by atoms with van der Waals surface area (Å²) in [5.41, 5.74) is 11.2. The van der Waals surface area contributed by atoms with Crippen LogP contribution in [0.15, 0.2) is 141 Å². The molecule has 426 valence electrons. The molecular weight excluding hydrogens is 1030 g/mol. The number of benzene rings is 7. The minimum absolute atomic E-state index is 0.0208. The Morgan fingerprint density at radius 2 is 0.476 bits per heavy atom. The van der Waals surface area contributed by atoms with E-state index in [1.807, 2.05) is 72.8 Å². The molecule has 0 aliphatic rings. The topological polar surface area (TPSA) is 100 Å². The number of rotatable bonds is 3. The first-order valence-corrected chi connectivity index (χ1v) is 29.1. The van der Waals surface area contributed by atoms with Gasteiger partial charge in [-0.3, -0.25) is 0 Å². The van der Waals surface area contributed by atoms with Crippen molar-refractivity contribution in [2.24, 2.45) is 0 Å². The van der Waals surface area contributed by atoms with Crippen LogP contribution in [0.25, 0.3) is 66.9 Å². The van der Waals surface area contributed by atoms with E-state index in [0.29, 0.717) is 84.1 Å². The first-order valence-electron chi connectivity index (χ1n) is 29.1. The Kier molecular flexibility index (Phi) is 14.5. The van der Waals surface area contributed by atoms with Crippen LogP contribution in [0, 0.1) is 35.5 Å². The van der Waals surface area contributed by atoms with Crippen LogP contribution in [0.3, 0.4) is 0 Å². The molecule has 0 spiro atoms. The molecule has 7 aromatic carbocycles.